The number of benzene rings is 1. The third-order valence-electron chi connectivity index (χ3n) is 3.72. The molecular weight excluding hydrogens is 386 g/mol. The highest BCUT2D eigenvalue weighted by atomic mass is 16.6. The van der Waals surface area contributed by atoms with Gasteiger partial charge in [0.25, 0.3) is 0 Å². The van der Waals surface area contributed by atoms with Gasteiger partial charge in [0.15, 0.2) is 6.10 Å². The van der Waals surface area contributed by atoms with E-state index in [0.29, 0.717) is 18.8 Å². The first kappa shape index (κ1) is 25.8. The maximum Gasteiger partial charge on any atom is 0.407 e. The Morgan fingerprint density at radius 1 is 1.07 bits per heavy atom. The second kappa shape index (κ2) is 11.8. The van der Waals surface area contributed by atoms with Gasteiger partial charge in [0.05, 0.1) is 18.8 Å². The summed E-state index contributed by atoms with van der Waals surface area (Å²) in [5.74, 6) is 0.282. The number of esters is 1. The van der Waals surface area contributed by atoms with Gasteiger partial charge in [0, 0.05) is 18.5 Å². The summed E-state index contributed by atoms with van der Waals surface area (Å²) >= 11 is 0. The Morgan fingerprint density at radius 3 is 2.27 bits per heavy atom. The van der Waals surface area contributed by atoms with Gasteiger partial charge < -0.3 is 24.3 Å². The van der Waals surface area contributed by atoms with Crippen molar-refractivity contribution in [2.75, 3.05) is 6.61 Å². The van der Waals surface area contributed by atoms with Crippen LogP contribution in [0.25, 0.3) is 0 Å². The average molecular weight is 424 g/mol. The van der Waals surface area contributed by atoms with Crippen LogP contribution in [0.5, 0.6) is 5.75 Å². The molecule has 7 nitrogen and oxygen atoms in total. The minimum absolute atomic E-state index is 0.0207. The largest absolute Gasteiger partial charge is 0.491 e. The minimum Gasteiger partial charge on any atom is -0.491 e. The van der Waals surface area contributed by atoms with E-state index >= 15 is 0 Å². The molecule has 1 rings (SSSR count). The van der Waals surface area contributed by atoms with Gasteiger partial charge in [-0.05, 0) is 67.0 Å². The Kier molecular flexibility index (Phi) is 10.1. The van der Waals surface area contributed by atoms with Crippen molar-refractivity contribution in [2.24, 2.45) is 0 Å². The van der Waals surface area contributed by atoms with Gasteiger partial charge in [-0.25, -0.2) is 9.59 Å². The zero-order chi connectivity index (χ0) is 22.9. The monoisotopic (exact) mass is 423 g/mol. The quantitative estimate of drug-likeness (QED) is 0.562. The van der Waals surface area contributed by atoms with Gasteiger partial charge in [0.1, 0.15) is 11.4 Å². The van der Waals surface area contributed by atoms with Gasteiger partial charge in [-0.2, -0.15) is 0 Å². The van der Waals surface area contributed by atoms with E-state index in [1.165, 1.54) is 0 Å². The second-order valence-corrected chi connectivity index (χ2v) is 8.59. The highest BCUT2D eigenvalue weighted by Crippen LogP contribution is 2.23. The molecule has 0 radical (unpaired) electrons. The van der Waals surface area contributed by atoms with Crippen molar-refractivity contribution in [1.82, 2.24) is 5.32 Å². The van der Waals surface area contributed by atoms with Crippen LogP contribution in [0.4, 0.5) is 4.79 Å². The van der Waals surface area contributed by atoms with Gasteiger partial charge in [-0.3, -0.25) is 0 Å². The number of hydrogen-bond donors (Lipinski definition) is 1. The molecular formula is C23H37NO6. The molecule has 1 unspecified atom stereocenters. The molecule has 1 N–H and O–H groups in total. The summed E-state index contributed by atoms with van der Waals surface area (Å²) in [7, 11) is 0. The van der Waals surface area contributed by atoms with Crippen molar-refractivity contribution in [2.45, 2.75) is 92.3 Å². The minimum atomic E-state index is -0.700. The summed E-state index contributed by atoms with van der Waals surface area (Å²) in [6.07, 6.45) is -0.980. The normalized spacial score (nSPS) is 12.6. The lowest BCUT2D eigenvalue weighted by molar-refractivity contribution is -0.159. The van der Waals surface area contributed by atoms with Crippen molar-refractivity contribution >= 4 is 12.1 Å². The smallest absolute Gasteiger partial charge is 0.407 e. The third kappa shape index (κ3) is 9.96. The van der Waals surface area contributed by atoms with Crippen molar-refractivity contribution < 1.29 is 28.5 Å². The van der Waals surface area contributed by atoms with Gasteiger partial charge in [0.2, 0.25) is 0 Å². The Bertz CT molecular complexity index is 693. The zero-order valence-electron chi connectivity index (χ0n) is 19.5. The first-order chi connectivity index (χ1) is 13.9. The molecule has 1 aromatic carbocycles. The van der Waals surface area contributed by atoms with Crippen LogP contribution in [0.1, 0.15) is 66.5 Å². The molecule has 0 saturated heterocycles. The fourth-order valence-electron chi connectivity index (χ4n) is 2.71. The van der Waals surface area contributed by atoms with E-state index in [0.717, 1.165) is 11.1 Å². The lowest BCUT2D eigenvalue weighted by Crippen LogP contribution is -2.32. The van der Waals surface area contributed by atoms with Crippen molar-refractivity contribution in [3.63, 3.8) is 0 Å². The van der Waals surface area contributed by atoms with Gasteiger partial charge in [-0.1, -0.05) is 12.1 Å². The Labute approximate surface area is 180 Å². The van der Waals surface area contributed by atoms with E-state index in [4.69, 9.17) is 18.9 Å². The second-order valence-electron chi connectivity index (χ2n) is 8.59. The molecule has 1 aromatic rings. The molecule has 1 atom stereocenters. The summed E-state index contributed by atoms with van der Waals surface area (Å²) in [5, 5.41) is 2.76. The first-order valence-corrected chi connectivity index (χ1v) is 10.5. The molecule has 30 heavy (non-hydrogen) atoms. The van der Waals surface area contributed by atoms with E-state index in [2.05, 4.69) is 5.32 Å². The van der Waals surface area contributed by atoms with Crippen molar-refractivity contribution in [1.29, 1.82) is 0 Å². The SMILES string of the molecule is CCOC(=O)C(Cc1ccc(OC(C)C)c(CNC(=O)OC(C)(C)C)c1)OC(C)C. The van der Waals surface area contributed by atoms with Crippen molar-refractivity contribution in [3.05, 3.63) is 29.3 Å². The molecule has 7 heteroatoms. The van der Waals surface area contributed by atoms with Gasteiger partial charge in [-0.15, -0.1) is 0 Å². The van der Waals surface area contributed by atoms with E-state index in [9.17, 15) is 9.59 Å². The third-order valence-corrected chi connectivity index (χ3v) is 3.72. The standard InChI is InChI=1S/C23H37NO6/c1-9-27-21(25)20(29-16(4)5)13-17-10-11-19(28-15(2)3)18(12-17)14-24-22(26)30-23(6,7)8/h10-12,15-16,20H,9,13-14H2,1-8H3,(H,24,26). The van der Waals surface area contributed by atoms with Gasteiger partial charge >= 0.3 is 12.1 Å². The topological polar surface area (TPSA) is 83.1 Å². The molecule has 0 heterocycles. The molecule has 0 saturated carbocycles. The number of hydrogen-bond acceptors (Lipinski definition) is 6. The molecule has 1 amide bonds. The molecule has 0 aliphatic carbocycles. The van der Waals surface area contributed by atoms with Crippen LogP contribution < -0.4 is 10.1 Å². The summed E-state index contributed by atoms with van der Waals surface area (Å²) < 4.78 is 22.1. The highest BCUT2D eigenvalue weighted by Gasteiger charge is 2.23. The highest BCUT2D eigenvalue weighted by molar-refractivity contribution is 5.75. The fraction of sp³-hybridized carbons (Fsp3) is 0.652. The summed E-state index contributed by atoms with van der Waals surface area (Å²) in [4.78, 5) is 24.3. The lowest BCUT2D eigenvalue weighted by atomic mass is 10.0. The average Bonchev–Trinajstić information content (AvgIpc) is 2.59. The van der Waals surface area contributed by atoms with Crippen LogP contribution in [0.3, 0.4) is 0 Å². The predicted octanol–water partition coefficient (Wildman–Crippen LogP) is 4.40. The molecule has 0 aromatic heterocycles. The number of alkyl carbamates (subject to hydrolysis) is 1. The van der Waals surface area contributed by atoms with E-state index < -0.39 is 17.8 Å². The van der Waals surface area contributed by atoms with Crippen LogP contribution in [0, 0.1) is 0 Å². The number of amides is 1. The first-order valence-electron chi connectivity index (χ1n) is 10.5. The Morgan fingerprint density at radius 2 is 1.73 bits per heavy atom. The summed E-state index contributed by atoms with van der Waals surface area (Å²) in [6.45, 7) is 15.4. The molecule has 170 valence electrons. The van der Waals surface area contributed by atoms with E-state index in [1.54, 1.807) is 6.92 Å². The summed E-state index contributed by atoms with van der Waals surface area (Å²) in [5.41, 5.74) is 1.09. The number of nitrogens with one attached hydrogen (secondary N) is 1. The predicted molar refractivity (Wildman–Crippen MR) is 116 cm³/mol. The molecule has 0 aliphatic rings. The van der Waals surface area contributed by atoms with E-state index in [-0.39, 0.29) is 24.7 Å². The molecule has 0 bridgehead atoms. The van der Waals surface area contributed by atoms with Crippen LogP contribution in [0.2, 0.25) is 0 Å². The van der Waals surface area contributed by atoms with Crippen LogP contribution in [0.15, 0.2) is 18.2 Å². The van der Waals surface area contributed by atoms with Crippen LogP contribution in [-0.2, 0) is 32.0 Å². The zero-order valence-corrected chi connectivity index (χ0v) is 19.5. The number of rotatable bonds is 10. The van der Waals surface area contributed by atoms with Crippen LogP contribution >= 0.6 is 0 Å². The fourth-order valence-corrected chi connectivity index (χ4v) is 2.71. The maximum absolute atomic E-state index is 12.3. The maximum atomic E-state index is 12.3. The molecule has 0 spiro atoms. The number of carbonyl (C=O) groups excluding carboxylic acids is 2. The number of ether oxygens (including phenoxy) is 4. The van der Waals surface area contributed by atoms with E-state index in [1.807, 2.05) is 66.7 Å². The van der Waals surface area contributed by atoms with Crippen molar-refractivity contribution in [3.8, 4) is 5.75 Å². The van der Waals surface area contributed by atoms with Crippen LogP contribution in [-0.4, -0.2) is 42.6 Å². The Hall–Kier alpha value is -2.28. The lowest BCUT2D eigenvalue weighted by Gasteiger charge is -2.22. The molecule has 0 aliphatic heterocycles. The number of carbonyl (C=O) groups is 2. The Balaban J connectivity index is 3.03. The molecule has 0 fully saturated rings. The summed E-state index contributed by atoms with van der Waals surface area (Å²) in [6, 6.07) is 5.65.